The largest absolute Gasteiger partial charge is 0.396 e. The molecule has 0 amide bonds. The van der Waals surface area contributed by atoms with E-state index in [9.17, 15) is 5.11 Å². The van der Waals surface area contributed by atoms with Crippen LogP contribution in [-0.4, -0.2) is 45.6 Å². The van der Waals surface area contributed by atoms with E-state index in [1.54, 1.807) is 11.8 Å². The van der Waals surface area contributed by atoms with Gasteiger partial charge in [-0.25, -0.2) is 0 Å². The number of aliphatic hydroxyl groups is 3. The minimum atomic E-state index is -0.646. The minimum Gasteiger partial charge on any atom is -0.396 e. The molecule has 1 fully saturated rings. The molecule has 1 rings (SSSR count). The molecular weight excluding hydrogens is 188 g/mol. The number of hydrogen-bond acceptors (Lipinski definition) is 4. The van der Waals surface area contributed by atoms with Gasteiger partial charge in [0.1, 0.15) is 0 Å². The van der Waals surface area contributed by atoms with Crippen LogP contribution in [0.15, 0.2) is 0 Å². The summed E-state index contributed by atoms with van der Waals surface area (Å²) in [6.45, 7) is 1.84. The van der Waals surface area contributed by atoms with Crippen molar-refractivity contribution >= 4 is 11.8 Å². The van der Waals surface area contributed by atoms with Gasteiger partial charge in [-0.15, -0.1) is 0 Å². The summed E-state index contributed by atoms with van der Waals surface area (Å²) in [7, 11) is 0. The van der Waals surface area contributed by atoms with Crippen LogP contribution in [0, 0.1) is 5.41 Å². The topological polar surface area (TPSA) is 60.7 Å². The van der Waals surface area contributed by atoms with Crippen LogP contribution in [0.1, 0.15) is 19.8 Å². The number of hydrogen-bond donors (Lipinski definition) is 3. The first-order valence-corrected chi connectivity index (χ1v) is 5.74. The normalized spacial score (nSPS) is 32.3. The molecule has 0 aromatic heterocycles. The second-order valence-electron chi connectivity index (χ2n) is 3.71. The zero-order valence-electron chi connectivity index (χ0n) is 7.94. The average molecular weight is 206 g/mol. The van der Waals surface area contributed by atoms with Crippen molar-refractivity contribution in [3.63, 3.8) is 0 Å². The molecule has 0 radical (unpaired) electrons. The van der Waals surface area contributed by atoms with Gasteiger partial charge in [-0.1, -0.05) is 6.92 Å². The fraction of sp³-hybridized carbons (Fsp3) is 1.00. The first kappa shape index (κ1) is 11.3. The van der Waals surface area contributed by atoms with Crippen LogP contribution in [-0.2, 0) is 0 Å². The van der Waals surface area contributed by atoms with E-state index < -0.39 is 11.5 Å². The minimum absolute atomic E-state index is 0.120. The van der Waals surface area contributed by atoms with Crippen LogP contribution in [0.4, 0.5) is 0 Å². The Morgan fingerprint density at radius 1 is 1.38 bits per heavy atom. The highest BCUT2D eigenvalue weighted by Gasteiger charge is 2.45. The molecule has 0 aromatic carbocycles. The average Bonchev–Trinajstić information content (AvgIpc) is 2.44. The number of thioether (sulfide) groups is 1. The maximum Gasteiger partial charge on any atom is 0.0651 e. The molecule has 2 atom stereocenters. The fourth-order valence-corrected chi connectivity index (χ4v) is 3.16. The highest BCUT2D eigenvalue weighted by molar-refractivity contribution is 7.99. The van der Waals surface area contributed by atoms with Gasteiger partial charge in [0.15, 0.2) is 0 Å². The Bertz CT molecular complexity index is 159. The Hall–Kier alpha value is 0.230. The van der Waals surface area contributed by atoms with E-state index in [0.717, 1.165) is 12.2 Å². The molecule has 13 heavy (non-hydrogen) atoms. The maximum atomic E-state index is 9.70. The molecule has 1 aliphatic carbocycles. The zero-order valence-corrected chi connectivity index (χ0v) is 8.76. The van der Waals surface area contributed by atoms with Gasteiger partial charge in [0.25, 0.3) is 0 Å². The van der Waals surface area contributed by atoms with Crippen molar-refractivity contribution in [2.24, 2.45) is 5.41 Å². The summed E-state index contributed by atoms with van der Waals surface area (Å²) in [4.78, 5) is 0. The first-order valence-electron chi connectivity index (χ1n) is 4.70. The molecule has 0 saturated heterocycles. The van der Waals surface area contributed by atoms with Crippen molar-refractivity contribution in [3.05, 3.63) is 0 Å². The standard InChI is InChI=1S/C9H18O3S/c1-2-13-7-3-8(12)9(4-7,5-10)6-11/h7-8,10-12H,2-6H2,1H3/t7-,8-/m0/s1. The molecular formula is C9H18O3S. The van der Waals surface area contributed by atoms with Gasteiger partial charge in [0.2, 0.25) is 0 Å². The van der Waals surface area contributed by atoms with E-state index in [0.29, 0.717) is 11.7 Å². The lowest BCUT2D eigenvalue weighted by Crippen LogP contribution is -2.37. The zero-order chi connectivity index (χ0) is 9.90. The van der Waals surface area contributed by atoms with Gasteiger partial charge in [-0.2, -0.15) is 11.8 Å². The summed E-state index contributed by atoms with van der Waals surface area (Å²) >= 11 is 1.79. The van der Waals surface area contributed by atoms with Gasteiger partial charge in [0, 0.05) is 10.7 Å². The lowest BCUT2D eigenvalue weighted by atomic mass is 9.86. The van der Waals surface area contributed by atoms with Crippen LogP contribution in [0.2, 0.25) is 0 Å². The van der Waals surface area contributed by atoms with E-state index in [2.05, 4.69) is 6.92 Å². The summed E-state index contributed by atoms with van der Waals surface area (Å²) < 4.78 is 0. The molecule has 1 saturated carbocycles. The van der Waals surface area contributed by atoms with Gasteiger partial charge < -0.3 is 15.3 Å². The van der Waals surface area contributed by atoms with Crippen LogP contribution in [0.5, 0.6) is 0 Å². The van der Waals surface area contributed by atoms with Crippen molar-refractivity contribution in [3.8, 4) is 0 Å². The molecule has 0 unspecified atom stereocenters. The molecule has 1 aliphatic rings. The van der Waals surface area contributed by atoms with Crippen LogP contribution in [0.25, 0.3) is 0 Å². The third-order valence-electron chi connectivity index (χ3n) is 2.86. The molecule has 4 heteroatoms. The summed E-state index contributed by atoms with van der Waals surface area (Å²) in [5.41, 5.74) is -0.646. The summed E-state index contributed by atoms with van der Waals surface area (Å²) in [6, 6.07) is 0. The van der Waals surface area contributed by atoms with Crippen molar-refractivity contribution < 1.29 is 15.3 Å². The summed E-state index contributed by atoms with van der Waals surface area (Å²) in [5.74, 6) is 1.02. The quantitative estimate of drug-likeness (QED) is 0.616. The Labute approximate surface area is 83.2 Å². The Balaban J connectivity index is 2.58. The molecule has 0 spiro atoms. The smallest absolute Gasteiger partial charge is 0.0651 e. The van der Waals surface area contributed by atoms with E-state index >= 15 is 0 Å². The Kier molecular flexibility index (Phi) is 4.04. The van der Waals surface area contributed by atoms with Crippen molar-refractivity contribution in [1.82, 2.24) is 0 Å². The van der Waals surface area contributed by atoms with E-state index in [1.807, 2.05) is 0 Å². The first-order chi connectivity index (χ1) is 6.18. The van der Waals surface area contributed by atoms with Crippen LogP contribution >= 0.6 is 11.8 Å². The van der Waals surface area contributed by atoms with Gasteiger partial charge in [-0.05, 0) is 18.6 Å². The van der Waals surface area contributed by atoms with E-state index in [-0.39, 0.29) is 13.2 Å². The molecule has 3 nitrogen and oxygen atoms in total. The van der Waals surface area contributed by atoms with Crippen molar-refractivity contribution in [1.29, 1.82) is 0 Å². The monoisotopic (exact) mass is 206 g/mol. The summed E-state index contributed by atoms with van der Waals surface area (Å²) in [5, 5.41) is 28.4. The second kappa shape index (κ2) is 4.64. The molecule has 0 aromatic rings. The lowest BCUT2D eigenvalue weighted by molar-refractivity contribution is -0.0313. The third-order valence-corrected chi connectivity index (χ3v) is 4.02. The predicted molar refractivity (Wildman–Crippen MR) is 53.8 cm³/mol. The van der Waals surface area contributed by atoms with Crippen molar-refractivity contribution in [2.75, 3.05) is 19.0 Å². The van der Waals surface area contributed by atoms with Crippen molar-refractivity contribution in [2.45, 2.75) is 31.1 Å². The van der Waals surface area contributed by atoms with Gasteiger partial charge >= 0.3 is 0 Å². The van der Waals surface area contributed by atoms with Gasteiger partial charge in [0.05, 0.1) is 19.3 Å². The van der Waals surface area contributed by atoms with Gasteiger partial charge in [-0.3, -0.25) is 0 Å². The maximum absolute atomic E-state index is 9.70. The SMILES string of the molecule is CCS[C@H]1C[C@H](O)C(CO)(CO)C1. The molecule has 0 bridgehead atoms. The fourth-order valence-electron chi connectivity index (χ4n) is 1.92. The molecule has 3 N–H and O–H groups in total. The number of rotatable bonds is 4. The summed E-state index contributed by atoms with van der Waals surface area (Å²) in [6.07, 6.45) is 0.866. The van der Waals surface area contributed by atoms with E-state index in [4.69, 9.17) is 10.2 Å². The highest BCUT2D eigenvalue weighted by atomic mass is 32.2. The molecule has 0 aliphatic heterocycles. The Morgan fingerprint density at radius 2 is 2.00 bits per heavy atom. The second-order valence-corrected chi connectivity index (χ2v) is 5.29. The predicted octanol–water partition coefficient (Wildman–Crippen LogP) is 0.234. The highest BCUT2D eigenvalue weighted by Crippen LogP contribution is 2.42. The Morgan fingerprint density at radius 3 is 2.38 bits per heavy atom. The van der Waals surface area contributed by atoms with E-state index in [1.165, 1.54) is 0 Å². The third kappa shape index (κ3) is 2.18. The van der Waals surface area contributed by atoms with Crippen LogP contribution < -0.4 is 0 Å². The molecule has 0 heterocycles. The molecule has 78 valence electrons. The number of aliphatic hydroxyl groups excluding tert-OH is 3. The van der Waals surface area contributed by atoms with Crippen LogP contribution in [0.3, 0.4) is 0 Å². The lowest BCUT2D eigenvalue weighted by Gasteiger charge is -2.27.